The zero-order valence-electron chi connectivity index (χ0n) is 11.9. The summed E-state index contributed by atoms with van der Waals surface area (Å²) >= 11 is 0. The highest BCUT2D eigenvalue weighted by Crippen LogP contribution is 2.62. The molecule has 0 aromatic rings. The smallest absolute Gasteiger partial charge is 0.0912 e. The van der Waals surface area contributed by atoms with Crippen LogP contribution in [-0.2, 0) is 0 Å². The SMILES string of the molecule is CC(C12CC3CC(CC(C3)C1)C2)[N+](C)(C)C.[I-]. The molecule has 0 aliphatic heterocycles. The van der Waals surface area contributed by atoms with Crippen LogP contribution in [0.5, 0.6) is 0 Å². The Morgan fingerprint density at radius 3 is 1.53 bits per heavy atom. The van der Waals surface area contributed by atoms with Gasteiger partial charge in [-0.25, -0.2) is 0 Å². The molecule has 17 heavy (non-hydrogen) atoms. The van der Waals surface area contributed by atoms with Crippen molar-refractivity contribution in [3.05, 3.63) is 0 Å². The van der Waals surface area contributed by atoms with Gasteiger partial charge in [0.2, 0.25) is 0 Å². The molecule has 0 aromatic heterocycles. The number of nitrogens with zero attached hydrogens (tertiary/aromatic N) is 1. The lowest BCUT2D eigenvalue weighted by atomic mass is 9.47. The summed E-state index contributed by atoms with van der Waals surface area (Å²) in [4.78, 5) is 0. The molecule has 4 bridgehead atoms. The van der Waals surface area contributed by atoms with Crippen LogP contribution in [0.25, 0.3) is 0 Å². The molecule has 100 valence electrons. The molecule has 4 rings (SSSR count). The van der Waals surface area contributed by atoms with Crippen LogP contribution in [-0.4, -0.2) is 31.7 Å². The topological polar surface area (TPSA) is 0 Å². The first-order valence-corrected chi connectivity index (χ1v) is 7.20. The lowest BCUT2D eigenvalue weighted by molar-refractivity contribution is -0.903. The molecule has 1 nitrogen and oxygen atoms in total. The molecule has 0 heterocycles. The molecule has 4 aliphatic rings. The van der Waals surface area contributed by atoms with Gasteiger partial charge in [-0.3, -0.25) is 0 Å². The Morgan fingerprint density at radius 2 is 1.24 bits per heavy atom. The number of rotatable bonds is 2. The van der Waals surface area contributed by atoms with Crippen molar-refractivity contribution < 1.29 is 28.5 Å². The molecule has 4 aliphatic carbocycles. The Labute approximate surface area is 124 Å². The number of hydrogen-bond donors (Lipinski definition) is 0. The van der Waals surface area contributed by atoms with Gasteiger partial charge < -0.3 is 28.5 Å². The van der Waals surface area contributed by atoms with E-state index in [9.17, 15) is 0 Å². The Balaban J connectivity index is 0.00000108. The highest BCUT2D eigenvalue weighted by Gasteiger charge is 2.56. The van der Waals surface area contributed by atoms with E-state index in [0.717, 1.165) is 28.3 Å². The van der Waals surface area contributed by atoms with E-state index in [1.54, 1.807) is 38.5 Å². The average molecular weight is 349 g/mol. The monoisotopic (exact) mass is 349 g/mol. The predicted octanol–water partition coefficient (Wildman–Crippen LogP) is 0.302. The fourth-order valence-electron chi connectivity index (χ4n) is 5.51. The molecule has 0 aromatic carbocycles. The van der Waals surface area contributed by atoms with E-state index in [2.05, 4.69) is 28.1 Å². The van der Waals surface area contributed by atoms with Crippen molar-refractivity contribution in [3.63, 3.8) is 0 Å². The highest BCUT2D eigenvalue weighted by molar-refractivity contribution is 5.03. The maximum atomic E-state index is 2.52. The summed E-state index contributed by atoms with van der Waals surface area (Å²) in [5.74, 6) is 3.29. The van der Waals surface area contributed by atoms with Crippen molar-refractivity contribution >= 4 is 0 Å². The maximum absolute atomic E-state index is 2.52. The molecule has 4 saturated carbocycles. The molecular weight excluding hydrogens is 321 g/mol. The Hall–Kier alpha value is 0.690. The van der Waals surface area contributed by atoms with Gasteiger partial charge in [-0.05, 0) is 63.2 Å². The van der Waals surface area contributed by atoms with E-state index < -0.39 is 0 Å². The van der Waals surface area contributed by atoms with E-state index in [1.165, 1.54) is 0 Å². The lowest BCUT2D eigenvalue weighted by Gasteiger charge is -2.60. The fraction of sp³-hybridized carbons (Fsp3) is 1.00. The van der Waals surface area contributed by atoms with E-state index in [-0.39, 0.29) is 24.0 Å². The standard InChI is InChI=1S/C15H28N.HI/c1-11(16(2,3)4)15-8-12-5-13(9-15)7-14(6-12)10-15;/h11-14H,5-10H2,1-4H3;1H/q+1;/p-1. The van der Waals surface area contributed by atoms with Gasteiger partial charge in [-0.2, -0.15) is 0 Å². The van der Waals surface area contributed by atoms with E-state index in [4.69, 9.17) is 0 Å². The minimum atomic E-state index is 0. The van der Waals surface area contributed by atoms with E-state index in [1.807, 2.05) is 0 Å². The third-order valence-electron chi connectivity index (χ3n) is 6.13. The molecule has 0 spiro atoms. The molecular formula is C15H28IN. The zero-order valence-corrected chi connectivity index (χ0v) is 14.0. The number of quaternary nitrogens is 1. The molecule has 4 fully saturated rings. The summed E-state index contributed by atoms with van der Waals surface area (Å²) in [6.45, 7) is 2.52. The Morgan fingerprint density at radius 1 is 0.882 bits per heavy atom. The second-order valence-electron chi connectivity index (χ2n) is 8.07. The van der Waals surface area contributed by atoms with Gasteiger partial charge in [0.25, 0.3) is 0 Å². The molecule has 1 atom stereocenters. The first-order valence-electron chi connectivity index (χ1n) is 7.20. The van der Waals surface area contributed by atoms with Gasteiger partial charge in [-0.15, -0.1) is 0 Å². The molecule has 0 radical (unpaired) electrons. The molecule has 1 unspecified atom stereocenters. The predicted molar refractivity (Wildman–Crippen MR) is 68.1 cm³/mol. The van der Waals surface area contributed by atoms with Gasteiger partial charge in [0.1, 0.15) is 0 Å². The summed E-state index contributed by atoms with van der Waals surface area (Å²) in [6.07, 6.45) is 9.37. The Bertz CT molecular complexity index is 257. The van der Waals surface area contributed by atoms with Gasteiger partial charge >= 0.3 is 0 Å². The van der Waals surface area contributed by atoms with Crippen LogP contribution in [0, 0.1) is 23.2 Å². The van der Waals surface area contributed by atoms with Crippen molar-refractivity contribution in [2.45, 2.75) is 51.5 Å². The zero-order chi connectivity index (χ0) is 11.6. The molecule has 0 amide bonds. The van der Waals surface area contributed by atoms with Gasteiger partial charge in [0, 0.05) is 5.41 Å². The first-order chi connectivity index (χ1) is 7.39. The van der Waals surface area contributed by atoms with Crippen molar-refractivity contribution in [3.8, 4) is 0 Å². The van der Waals surface area contributed by atoms with Crippen LogP contribution in [0.4, 0.5) is 0 Å². The number of halogens is 1. The molecule has 0 N–H and O–H groups in total. The third kappa shape index (κ3) is 2.29. The second-order valence-corrected chi connectivity index (χ2v) is 8.07. The third-order valence-corrected chi connectivity index (χ3v) is 6.13. The van der Waals surface area contributed by atoms with E-state index in [0.29, 0.717) is 5.41 Å². The first kappa shape index (κ1) is 14.1. The lowest BCUT2D eigenvalue weighted by Crippen LogP contribution is -3.00. The average Bonchev–Trinajstić information content (AvgIpc) is 2.12. The Kier molecular flexibility index (Phi) is 3.62. The van der Waals surface area contributed by atoms with Crippen molar-refractivity contribution in [2.24, 2.45) is 23.2 Å². The summed E-state index contributed by atoms with van der Waals surface area (Å²) in [6, 6.07) is 0.848. The summed E-state index contributed by atoms with van der Waals surface area (Å²) in [5.41, 5.74) is 0.715. The van der Waals surface area contributed by atoms with Crippen molar-refractivity contribution in [2.75, 3.05) is 21.1 Å². The molecule has 0 saturated heterocycles. The second kappa shape index (κ2) is 4.36. The van der Waals surface area contributed by atoms with Crippen LogP contribution in [0.3, 0.4) is 0 Å². The van der Waals surface area contributed by atoms with Gasteiger partial charge in [0.05, 0.1) is 27.2 Å². The maximum Gasteiger partial charge on any atom is 0.0912 e. The van der Waals surface area contributed by atoms with Crippen LogP contribution in [0.2, 0.25) is 0 Å². The quantitative estimate of drug-likeness (QED) is 0.497. The van der Waals surface area contributed by atoms with Gasteiger partial charge in [-0.1, -0.05) is 0 Å². The van der Waals surface area contributed by atoms with Crippen molar-refractivity contribution in [1.82, 2.24) is 0 Å². The van der Waals surface area contributed by atoms with Gasteiger partial charge in [0.15, 0.2) is 0 Å². The highest BCUT2D eigenvalue weighted by atomic mass is 127. The van der Waals surface area contributed by atoms with Crippen molar-refractivity contribution in [1.29, 1.82) is 0 Å². The normalized spacial score (nSPS) is 45.5. The fourth-order valence-corrected chi connectivity index (χ4v) is 5.51. The summed E-state index contributed by atoms with van der Waals surface area (Å²) in [7, 11) is 7.18. The van der Waals surface area contributed by atoms with Crippen LogP contribution in [0.15, 0.2) is 0 Å². The summed E-state index contributed by atoms with van der Waals surface area (Å²) < 4.78 is 1.16. The molecule has 2 heteroatoms. The number of hydrogen-bond acceptors (Lipinski definition) is 0. The van der Waals surface area contributed by atoms with Crippen LogP contribution in [0.1, 0.15) is 45.4 Å². The van der Waals surface area contributed by atoms with E-state index >= 15 is 0 Å². The van der Waals surface area contributed by atoms with Crippen LogP contribution >= 0.6 is 0 Å². The minimum Gasteiger partial charge on any atom is -1.00 e. The largest absolute Gasteiger partial charge is 1.00 e. The van der Waals surface area contributed by atoms with Crippen LogP contribution < -0.4 is 24.0 Å². The summed E-state index contributed by atoms with van der Waals surface area (Å²) in [5, 5.41) is 0. The minimum absolute atomic E-state index is 0.